The summed E-state index contributed by atoms with van der Waals surface area (Å²) in [4.78, 5) is 15.9. The summed E-state index contributed by atoms with van der Waals surface area (Å²) in [5.41, 5.74) is 11.3. The van der Waals surface area contributed by atoms with Gasteiger partial charge < -0.3 is 8.98 Å². The van der Waals surface area contributed by atoms with Crippen LogP contribution in [-0.2, 0) is 0 Å². The molecule has 6 nitrogen and oxygen atoms in total. The summed E-state index contributed by atoms with van der Waals surface area (Å²) in [6, 6.07) is 75.1. The monoisotopic (exact) mass is 829 g/mol. The Labute approximate surface area is 371 Å². The maximum atomic E-state index is 6.56. The SMILES string of the molecule is c1ccc2c(-c3nc(-c4cccc5ccccc45)nc(-n4c5ccccc5c5cc(-c6ccc7c(c6)c6ccccc6n7-c6cccc7c6oc6ccccc67)ccc54)n3)cccc2c1. The van der Waals surface area contributed by atoms with Crippen molar-refractivity contribution in [2.75, 3.05) is 0 Å². The second-order valence-electron chi connectivity index (χ2n) is 16.8. The minimum atomic E-state index is 0.568. The molecular formula is C59H35N5O. The van der Waals surface area contributed by atoms with Crippen molar-refractivity contribution in [1.29, 1.82) is 0 Å². The molecule has 0 bridgehead atoms. The highest BCUT2D eigenvalue weighted by Crippen LogP contribution is 2.41. The van der Waals surface area contributed by atoms with Crippen molar-refractivity contribution in [2.24, 2.45) is 0 Å². The van der Waals surface area contributed by atoms with Gasteiger partial charge in [-0.05, 0) is 81.2 Å². The lowest BCUT2D eigenvalue weighted by atomic mass is 10.0. The van der Waals surface area contributed by atoms with E-state index in [4.69, 9.17) is 19.4 Å². The summed E-state index contributed by atoms with van der Waals surface area (Å²) in [5.74, 6) is 1.82. The van der Waals surface area contributed by atoms with E-state index in [1.807, 2.05) is 12.1 Å². The van der Waals surface area contributed by atoms with Crippen molar-refractivity contribution in [3.63, 3.8) is 0 Å². The van der Waals surface area contributed by atoms with Crippen molar-refractivity contribution < 1.29 is 4.42 Å². The Bertz CT molecular complexity index is 4160. The van der Waals surface area contributed by atoms with Crippen molar-refractivity contribution in [3.05, 3.63) is 212 Å². The van der Waals surface area contributed by atoms with E-state index in [-0.39, 0.29) is 0 Å². The van der Waals surface area contributed by atoms with E-state index >= 15 is 0 Å². The van der Waals surface area contributed by atoms with E-state index in [0.29, 0.717) is 17.6 Å². The van der Waals surface area contributed by atoms with Crippen LogP contribution in [0.4, 0.5) is 0 Å². The van der Waals surface area contributed by atoms with Crippen molar-refractivity contribution >= 4 is 87.1 Å². The van der Waals surface area contributed by atoms with Gasteiger partial charge in [0.1, 0.15) is 5.58 Å². The van der Waals surface area contributed by atoms with Gasteiger partial charge in [-0.3, -0.25) is 4.57 Å². The van der Waals surface area contributed by atoms with Gasteiger partial charge in [0.05, 0.1) is 27.8 Å². The van der Waals surface area contributed by atoms with Gasteiger partial charge in [0.2, 0.25) is 5.95 Å². The second kappa shape index (κ2) is 13.8. The fourth-order valence-electron chi connectivity index (χ4n) is 10.2. The van der Waals surface area contributed by atoms with Crippen LogP contribution in [0.15, 0.2) is 217 Å². The maximum Gasteiger partial charge on any atom is 0.238 e. The Kier molecular flexibility index (Phi) is 7.59. The number of benzene rings is 10. The van der Waals surface area contributed by atoms with Crippen LogP contribution in [0, 0.1) is 0 Å². The molecule has 0 aliphatic carbocycles. The van der Waals surface area contributed by atoms with E-state index in [2.05, 4.69) is 209 Å². The molecule has 0 aliphatic rings. The van der Waals surface area contributed by atoms with Gasteiger partial charge in [-0.2, -0.15) is 9.97 Å². The first-order chi connectivity index (χ1) is 32.2. The van der Waals surface area contributed by atoms with Crippen LogP contribution < -0.4 is 0 Å². The first-order valence-electron chi connectivity index (χ1n) is 21.9. The predicted octanol–water partition coefficient (Wildman–Crippen LogP) is 15.3. The van der Waals surface area contributed by atoms with E-state index in [9.17, 15) is 0 Å². The van der Waals surface area contributed by atoms with Gasteiger partial charge in [-0.1, -0.05) is 164 Å². The lowest BCUT2D eigenvalue weighted by molar-refractivity contribution is 0.666. The molecule has 14 rings (SSSR count). The van der Waals surface area contributed by atoms with E-state index in [1.165, 1.54) is 10.8 Å². The molecule has 4 heterocycles. The number of rotatable bonds is 5. The summed E-state index contributed by atoms with van der Waals surface area (Å²) in [6.45, 7) is 0. The third kappa shape index (κ3) is 5.38. The van der Waals surface area contributed by atoms with E-state index < -0.39 is 0 Å². The largest absolute Gasteiger partial charge is 0.454 e. The highest BCUT2D eigenvalue weighted by molar-refractivity contribution is 6.14. The Morgan fingerprint density at radius 2 is 0.785 bits per heavy atom. The summed E-state index contributed by atoms with van der Waals surface area (Å²) in [5, 5.41) is 11.3. The number of fused-ring (bicyclic) bond motifs is 11. The Hall–Kier alpha value is -8.87. The first-order valence-corrected chi connectivity index (χ1v) is 21.9. The number of hydrogen-bond donors (Lipinski definition) is 0. The molecule has 6 heteroatoms. The van der Waals surface area contributed by atoms with Gasteiger partial charge in [0, 0.05) is 43.4 Å². The summed E-state index contributed by atoms with van der Waals surface area (Å²) < 4.78 is 11.1. The summed E-state index contributed by atoms with van der Waals surface area (Å²) in [7, 11) is 0. The number of nitrogens with zero attached hydrogens (tertiary/aromatic N) is 5. The molecule has 302 valence electrons. The zero-order valence-corrected chi connectivity index (χ0v) is 34.9. The van der Waals surface area contributed by atoms with Gasteiger partial charge in [0.15, 0.2) is 17.2 Å². The van der Waals surface area contributed by atoms with Crippen LogP contribution in [0.3, 0.4) is 0 Å². The third-order valence-electron chi connectivity index (χ3n) is 13.2. The molecule has 0 atom stereocenters. The van der Waals surface area contributed by atoms with Gasteiger partial charge in [-0.15, -0.1) is 0 Å². The molecular weight excluding hydrogens is 795 g/mol. The highest BCUT2D eigenvalue weighted by Gasteiger charge is 2.22. The highest BCUT2D eigenvalue weighted by atomic mass is 16.3. The Balaban J connectivity index is 0.965. The van der Waals surface area contributed by atoms with Crippen molar-refractivity contribution in [3.8, 4) is 45.5 Å². The lowest BCUT2D eigenvalue weighted by Gasteiger charge is -2.13. The second-order valence-corrected chi connectivity index (χ2v) is 16.8. The minimum Gasteiger partial charge on any atom is -0.454 e. The molecule has 0 spiro atoms. The molecule has 0 radical (unpaired) electrons. The summed E-state index contributed by atoms with van der Waals surface area (Å²) in [6.07, 6.45) is 0. The van der Waals surface area contributed by atoms with E-state index in [1.54, 1.807) is 0 Å². The van der Waals surface area contributed by atoms with Crippen LogP contribution in [0.25, 0.3) is 133 Å². The van der Waals surface area contributed by atoms with Crippen molar-refractivity contribution in [1.82, 2.24) is 24.1 Å². The number of aromatic nitrogens is 5. The topological polar surface area (TPSA) is 61.7 Å². The Morgan fingerprint density at radius 3 is 1.42 bits per heavy atom. The molecule has 0 saturated heterocycles. The molecule has 0 saturated carbocycles. The van der Waals surface area contributed by atoms with Crippen LogP contribution in [0.5, 0.6) is 0 Å². The Morgan fingerprint density at radius 1 is 0.323 bits per heavy atom. The molecule has 10 aromatic carbocycles. The fraction of sp³-hybridized carbons (Fsp3) is 0. The quantitative estimate of drug-likeness (QED) is 0.173. The lowest BCUT2D eigenvalue weighted by Crippen LogP contribution is -2.06. The molecule has 65 heavy (non-hydrogen) atoms. The maximum absolute atomic E-state index is 6.56. The molecule has 4 aromatic heterocycles. The molecule has 0 amide bonds. The molecule has 0 N–H and O–H groups in total. The summed E-state index contributed by atoms with van der Waals surface area (Å²) >= 11 is 0. The number of para-hydroxylation sites is 4. The first kappa shape index (κ1) is 35.7. The van der Waals surface area contributed by atoms with Gasteiger partial charge in [0.25, 0.3) is 0 Å². The third-order valence-corrected chi connectivity index (χ3v) is 13.2. The minimum absolute atomic E-state index is 0.568. The van der Waals surface area contributed by atoms with Crippen molar-refractivity contribution in [2.45, 2.75) is 0 Å². The van der Waals surface area contributed by atoms with Crippen LogP contribution in [-0.4, -0.2) is 24.1 Å². The zero-order valence-electron chi connectivity index (χ0n) is 34.9. The average molecular weight is 830 g/mol. The standard InChI is InChI=1S/C59H35N5O/c1-3-18-40-36(14-1)16-11-24-46(40)57-60-58(47-25-12-17-37-15-2-4-19-41(37)47)62-59(61-57)64-51-27-9-6-21-43(51)49-35-39(31-33-53(49)64)38-30-32-52-48(34-38)42-20-5-8-26-50(42)63(52)54-28-13-23-45-44-22-7-10-29-55(44)65-56(45)54/h1-35H. The van der Waals surface area contributed by atoms with Crippen LogP contribution in [0.2, 0.25) is 0 Å². The molecule has 0 fully saturated rings. The fourth-order valence-corrected chi connectivity index (χ4v) is 10.2. The normalized spacial score (nSPS) is 12.0. The number of furan rings is 1. The zero-order chi connectivity index (χ0) is 42.6. The molecule has 14 aromatic rings. The number of hydrogen-bond acceptors (Lipinski definition) is 4. The smallest absolute Gasteiger partial charge is 0.238 e. The van der Waals surface area contributed by atoms with Crippen LogP contribution in [0.1, 0.15) is 0 Å². The van der Waals surface area contributed by atoms with Gasteiger partial charge >= 0.3 is 0 Å². The van der Waals surface area contributed by atoms with Crippen LogP contribution >= 0.6 is 0 Å². The average Bonchev–Trinajstić information content (AvgIpc) is 4.03. The predicted molar refractivity (Wildman–Crippen MR) is 267 cm³/mol. The molecule has 0 unspecified atom stereocenters. The van der Waals surface area contributed by atoms with E-state index in [0.717, 1.165) is 104 Å². The van der Waals surface area contributed by atoms with Gasteiger partial charge in [-0.25, -0.2) is 4.98 Å². The molecule has 0 aliphatic heterocycles.